The van der Waals surface area contributed by atoms with E-state index < -0.39 is 10.4 Å². The van der Waals surface area contributed by atoms with Gasteiger partial charge >= 0.3 is 22.4 Å². The maximum Gasteiger partial charge on any atom is 1.00 e. The molecule has 0 aliphatic heterocycles. The van der Waals surface area contributed by atoms with Crippen molar-refractivity contribution in [1.29, 1.82) is 0 Å². The van der Waals surface area contributed by atoms with Gasteiger partial charge in [-0.1, -0.05) is 0 Å². The summed E-state index contributed by atoms with van der Waals surface area (Å²) >= 11 is 0. The third kappa shape index (κ3) is 422. The van der Waals surface area contributed by atoms with Crippen LogP contribution in [-0.4, -0.2) is 17.5 Å². The quantitative estimate of drug-likeness (QED) is 0.322. The average molecular weight is 222 g/mol. The molecular formula is H4AgNO4S. The zero-order valence-corrected chi connectivity index (χ0v) is 5.64. The average Bonchev–Trinajstić information content (AvgIpc) is 0.722. The fraction of sp³-hybridized carbons (Fsp3) is 0. The molecule has 0 bridgehead atoms. The van der Waals surface area contributed by atoms with Crippen molar-refractivity contribution < 1.29 is 39.9 Å². The van der Waals surface area contributed by atoms with Crippen LogP contribution in [0.15, 0.2) is 0 Å². The van der Waals surface area contributed by atoms with Crippen LogP contribution in [0.25, 0.3) is 0 Å². The molecule has 7 heavy (non-hydrogen) atoms. The molecule has 0 aromatic heterocycles. The van der Waals surface area contributed by atoms with Crippen LogP contribution in [0, 0.1) is 0 Å². The summed E-state index contributed by atoms with van der Waals surface area (Å²) in [6.07, 6.45) is 0. The van der Waals surface area contributed by atoms with Gasteiger partial charge < -0.3 is 15.3 Å². The van der Waals surface area contributed by atoms with Gasteiger partial charge in [0.15, 0.2) is 0 Å². The molecule has 0 amide bonds. The molecule has 0 radical (unpaired) electrons. The second-order valence-electron chi connectivity index (χ2n) is 0.408. The molecule has 0 aromatic carbocycles. The van der Waals surface area contributed by atoms with E-state index in [0.717, 1.165) is 0 Å². The Bertz CT molecular complexity index is 94.9. The molecule has 0 atom stereocenters. The van der Waals surface area contributed by atoms with Gasteiger partial charge in [-0.3, -0.25) is 8.42 Å². The standard InChI is InChI=1S/Ag.H3N.H2O4S/c;;1-5(2,3)4/h;1H3;(H2,1,2,3,4)/q+1;;/p-1. The topological polar surface area (TPSA) is 117 Å². The molecule has 50 valence electrons. The first-order valence-corrected chi connectivity index (χ1v) is 2.00. The van der Waals surface area contributed by atoms with Gasteiger partial charge in [-0.05, 0) is 0 Å². The van der Waals surface area contributed by atoms with Crippen molar-refractivity contribution in [3.05, 3.63) is 0 Å². The third-order valence-corrected chi connectivity index (χ3v) is 0. The Balaban J connectivity index is -0.0000000800. The fourth-order valence-corrected chi connectivity index (χ4v) is 0. The maximum absolute atomic E-state index is 8.52. The molecule has 0 saturated heterocycles. The maximum atomic E-state index is 8.52. The Morgan fingerprint density at radius 1 is 1.14 bits per heavy atom. The predicted molar refractivity (Wildman–Crippen MR) is 16.5 cm³/mol. The molecule has 0 aliphatic rings. The smallest absolute Gasteiger partial charge is 0.759 e. The number of hydrogen-bond acceptors (Lipinski definition) is 4. The van der Waals surface area contributed by atoms with Gasteiger partial charge in [0.05, 0.1) is 0 Å². The van der Waals surface area contributed by atoms with Crippen molar-refractivity contribution >= 4 is 10.4 Å². The van der Waals surface area contributed by atoms with E-state index in [1.165, 1.54) is 0 Å². The van der Waals surface area contributed by atoms with Crippen molar-refractivity contribution in [2.24, 2.45) is 0 Å². The van der Waals surface area contributed by atoms with Crippen molar-refractivity contribution in [2.75, 3.05) is 0 Å². The second kappa shape index (κ2) is 4.72. The van der Waals surface area contributed by atoms with Crippen LogP contribution in [0.1, 0.15) is 0 Å². The van der Waals surface area contributed by atoms with Crippen LogP contribution >= 0.6 is 0 Å². The van der Waals surface area contributed by atoms with Crippen molar-refractivity contribution in [3.8, 4) is 0 Å². The van der Waals surface area contributed by atoms with E-state index >= 15 is 0 Å². The van der Waals surface area contributed by atoms with Crippen LogP contribution in [0.2, 0.25) is 0 Å². The van der Waals surface area contributed by atoms with Gasteiger partial charge in [0.2, 0.25) is 0 Å². The second-order valence-corrected chi connectivity index (χ2v) is 1.22. The summed E-state index contributed by atoms with van der Waals surface area (Å²) in [7, 11) is -5.17. The van der Waals surface area contributed by atoms with E-state index in [-0.39, 0.29) is 28.5 Å². The molecule has 0 aliphatic carbocycles. The largest absolute Gasteiger partial charge is 1.00 e. The Morgan fingerprint density at radius 3 is 1.14 bits per heavy atom. The van der Waals surface area contributed by atoms with Crippen molar-refractivity contribution in [2.45, 2.75) is 0 Å². The van der Waals surface area contributed by atoms with Crippen LogP contribution in [-0.2, 0) is 32.8 Å². The van der Waals surface area contributed by atoms with Crippen molar-refractivity contribution in [3.63, 3.8) is 0 Å². The van der Waals surface area contributed by atoms with Gasteiger partial charge in [-0.25, -0.2) is 0 Å². The molecule has 7 heteroatoms. The molecule has 0 saturated carbocycles. The van der Waals surface area contributed by atoms with E-state index in [1.807, 2.05) is 0 Å². The van der Waals surface area contributed by atoms with Crippen LogP contribution in [0.5, 0.6) is 0 Å². The number of quaternary nitrogens is 1. The minimum Gasteiger partial charge on any atom is -0.759 e. The first-order valence-electron chi connectivity index (χ1n) is 0.667. The van der Waals surface area contributed by atoms with E-state index in [9.17, 15) is 0 Å². The van der Waals surface area contributed by atoms with Crippen molar-refractivity contribution in [1.82, 2.24) is 6.15 Å². The van der Waals surface area contributed by atoms with Crippen LogP contribution in [0.3, 0.4) is 0 Å². The first-order chi connectivity index (χ1) is 2.00. The fourth-order valence-electron chi connectivity index (χ4n) is 0. The summed E-state index contributed by atoms with van der Waals surface area (Å²) in [5.41, 5.74) is 0. The van der Waals surface area contributed by atoms with Crippen LogP contribution in [0.4, 0.5) is 0 Å². The normalized spacial score (nSPS) is 8.29. The van der Waals surface area contributed by atoms with Gasteiger partial charge in [0.25, 0.3) is 0 Å². The Hall–Kier alpha value is 0.570. The Morgan fingerprint density at radius 2 is 1.14 bits per heavy atom. The Labute approximate surface area is 56.8 Å². The molecule has 0 fully saturated rings. The number of hydrogen-bond donors (Lipinski definition) is 1. The molecule has 0 spiro atoms. The molecule has 5 nitrogen and oxygen atoms in total. The monoisotopic (exact) mass is 221 g/mol. The summed E-state index contributed by atoms with van der Waals surface area (Å²) in [4.78, 5) is 0. The van der Waals surface area contributed by atoms with E-state index in [1.54, 1.807) is 0 Å². The molecule has 0 heterocycles. The molecule has 0 rings (SSSR count). The number of rotatable bonds is 0. The van der Waals surface area contributed by atoms with Crippen LogP contribution < -0.4 is 6.15 Å². The van der Waals surface area contributed by atoms with E-state index in [4.69, 9.17) is 17.5 Å². The summed E-state index contributed by atoms with van der Waals surface area (Å²) in [6.45, 7) is 0. The Kier molecular flexibility index (Phi) is 10.6. The summed E-state index contributed by atoms with van der Waals surface area (Å²) in [6, 6.07) is 0. The summed E-state index contributed by atoms with van der Waals surface area (Å²) in [5, 5.41) is 0. The molecule has 0 aromatic rings. The van der Waals surface area contributed by atoms with Gasteiger partial charge in [0, 0.05) is 10.4 Å². The molecule has 4 N–H and O–H groups in total. The minimum absolute atomic E-state index is 0. The zero-order chi connectivity index (χ0) is 4.50. The first kappa shape index (κ1) is 15.6. The predicted octanol–water partition coefficient (Wildman–Crippen LogP) is -0.964. The van der Waals surface area contributed by atoms with E-state index in [0.29, 0.717) is 0 Å². The summed E-state index contributed by atoms with van der Waals surface area (Å²) in [5.74, 6) is 0. The third-order valence-electron chi connectivity index (χ3n) is 0. The van der Waals surface area contributed by atoms with Gasteiger partial charge in [-0.15, -0.1) is 0 Å². The molecular weight excluding hydrogens is 218 g/mol. The van der Waals surface area contributed by atoms with Gasteiger partial charge in [0.1, 0.15) is 0 Å². The minimum atomic E-state index is -5.17. The van der Waals surface area contributed by atoms with E-state index in [2.05, 4.69) is 0 Å². The SMILES string of the molecule is O=S(=O)([O-])[O-].[Ag+].[NH4+]. The van der Waals surface area contributed by atoms with Gasteiger partial charge in [-0.2, -0.15) is 0 Å². The molecule has 0 unspecified atom stereocenters. The zero-order valence-electron chi connectivity index (χ0n) is 3.34. The summed E-state index contributed by atoms with van der Waals surface area (Å²) < 4.78 is 34.1.